The zero-order chi connectivity index (χ0) is 17.4. The Kier molecular flexibility index (Phi) is 7.13. The summed E-state index contributed by atoms with van der Waals surface area (Å²) in [5.41, 5.74) is 3.61. The summed E-state index contributed by atoms with van der Waals surface area (Å²) >= 11 is 5.53. The number of halogens is 1. The Morgan fingerprint density at radius 2 is 1.75 bits per heavy atom. The minimum Gasteiger partial charge on any atom is -0.378 e. The molecule has 2 N–H and O–H groups in total. The van der Waals surface area contributed by atoms with Crippen molar-refractivity contribution in [3.63, 3.8) is 0 Å². The molecule has 2 aromatic rings. The van der Waals surface area contributed by atoms with Crippen molar-refractivity contribution in [1.82, 2.24) is 5.32 Å². The second kappa shape index (κ2) is 9.33. The SMILES string of the molecule is CC(C)c1cccc(NC(CCNC(=O)CCl)c2ccccc2)c1. The van der Waals surface area contributed by atoms with Gasteiger partial charge in [-0.3, -0.25) is 4.79 Å². The average Bonchev–Trinajstić information content (AvgIpc) is 2.61. The van der Waals surface area contributed by atoms with Gasteiger partial charge in [-0.25, -0.2) is 0 Å². The molecule has 4 heteroatoms. The monoisotopic (exact) mass is 344 g/mol. The molecule has 0 saturated heterocycles. The fraction of sp³-hybridized carbons (Fsp3) is 0.350. The van der Waals surface area contributed by atoms with E-state index in [-0.39, 0.29) is 17.8 Å². The van der Waals surface area contributed by atoms with Gasteiger partial charge in [-0.15, -0.1) is 11.6 Å². The zero-order valence-electron chi connectivity index (χ0n) is 14.3. The van der Waals surface area contributed by atoms with Crippen molar-refractivity contribution in [2.24, 2.45) is 0 Å². The number of hydrogen-bond donors (Lipinski definition) is 2. The summed E-state index contributed by atoms with van der Waals surface area (Å²) in [5.74, 6) is 0.357. The topological polar surface area (TPSA) is 41.1 Å². The van der Waals surface area contributed by atoms with Gasteiger partial charge in [-0.05, 0) is 35.6 Å². The first-order valence-corrected chi connectivity index (χ1v) is 8.87. The number of hydrogen-bond acceptors (Lipinski definition) is 2. The fourth-order valence-electron chi connectivity index (χ4n) is 2.60. The van der Waals surface area contributed by atoms with Crippen LogP contribution in [0.2, 0.25) is 0 Å². The molecule has 0 aliphatic carbocycles. The van der Waals surface area contributed by atoms with Crippen molar-refractivity contribution < 1.29 is 4.79 Å². The third-order valence-corrected chi connectivity index (χ3v) is 4.22. The molecule has 1 atom stereocenters. The highest BCUT2D eigenvalue weighted by molar-refractivity contribution is 6.27. The van der Waals surface area contributed by atoms with E-state index >= 15 is 0 Å². The number of anilines is 1. The van der Waals surface area contributed by atoms with Gasteiger partial charge >= 0.3 is 0 Å². The average molecular weight is 345 g/mol. The summed E-state index contributed by atoms with van der Waals surface area (Å²) in [7, 11) is 0. The van der Waals surface area contributed by atoms with Gasteiger partial charge in [0.25, 0.3) is 0 Å². The van der Waals surface area contributed by atoms with Crippen molar-refractivity contribution in [1.29, 1.82) is 0 Å². The predicted molar refractivity (Wildman–Crippen MR) is 102 cm³/mol. The van der Waals surface area contributed by atoms with Crippen LogP contribution in [0.1, 0.15) is 43.4 Å². The van der Waals surface area contributed by atoms with Crippen LogP contribution in [0.15, 0.2) is 54.6 Å². The number of carbonyl (C=O) groups is 1. The van der Waals surface area contributed by atoms with Crippen LogP contribution >= 0.6 is 11.6 Å². The van der Waals surface area contributed by atoms with Crippen LogP contribution in [-0.4, -0.2) is 18.3 Å². The predicted octanol–water partition coefficient (Wildman–Crippen LogP) is 4.71. The molecule has 0 radical (unpaired) electrons. The lowest BCUT2D eigenvalue weighted by Crippen LogP contribution is -2.27. The van der Waals surface area contributed by atoms with E-state index < -0.39 is 0 Å². The molecular weight excluding hydrogens is 320 g/mol. The molecule has 0 saturated carbocycles. The number of carbonyl (C=O) groups excluding carboxylic acids is 1. The van der Waals surface area contributed by atoms with Crippen molar-refractivity contribution in [2.45, 2.75) is 32.2 Å². The third kappa shape index (κ3) is 5.57. The lowest BCUT2D eigenvalue weighted by atomic mass is 10.0. The third-order valence-electron chi connectivity index (χ3n) is 3.97. The summed E-state index contributed by atoms with van der Waals surface area (Å²) in [6.07, 6.45) is 0.790. The highest BCUT2D eigenvalue weighted by Gasteiger charge is 2.12. The highest BCUT2D eigenvalue weighted by atomic mass is 35.5. The van der Waals surface area contributed by atoms with Crippen LogP contribution in [0.25, 0.3) is 0 Å². The minimum absolute atomic E-state index is 0.000133. The van der Waals surface area contributed by atoms with Crippen LogP contribution in [0, 0.1) is 0 Å². The van der Waals surface area contributed by atoms with Crippen LogP contribution in [0.5, 0.6) is 0 Å². The second-order valence-corrected chi connectivity index (χ2v) is 6.43. The van der Waals surface area contributed by atoms with E-state index in [1.807, 2.05) is 18.2 Å². The molecule has 2 rings (SSSR count). The Bertz CT molecular complexity index is 643. The van der Waals surface area contributed by atoms with Crippen LogP contribution < -0.4 is 10.6 Å². The van der Waals surface area contributed by atoms with E-state index in [1.54, 1.807) is 0 Å². The molecule has 1 unspecified atom stereocenters. The number of rotatable bonds is 8. The van der Waals surface area contributed by atoms with Crippen LogP contribution in [0.4, 0.5) is 5.69 Å². The van der Waals surface area contributed by atoms with Crippen LogP contribution in [0.3, 0.4) is 0 Å². The molecule has 1 amide bonds. The lowest BCUT2D eigenvalue weighted by Gasteiger charge is -2.21. The van der Waals surface area contributed by atoms with Gasteiger partial charge in [0.1, 0.15) is 5.88 Å². The van der Waals surface area contributed by atoms with Crippen molar-refractivity contribution in [3.8, 4) is 0 Å². The summed E-state index contributed by atoms with van der Waals surface area (Å²) in [5, 5.41) is 6.44. The van der Waals surface area contributed by atoms with E-state index in [0.717, 1.165) is 12.1 Å². The molecule has 0 aliphatic rings. The maximum Gasteiger partial charge on any atom is 0.234 e. The van der Waals surface area contributed by atoms with Gasteiger partial charge in [0.2, 0.25) is 5.91 Å². The Morgan fingerprint density at radius 3 is 2.42 bits per heavy atom. The van der Waals surface area contributed by atoms with Gasteiger partial charge in [-0.1, -0.05) is 56.3 Å². The first-order chi connectivity index (χ1) is 11.6. The zero-order valence-corrected chi connectivity index (χ0v) is 15.0. The second-order valence-electron chi connectivity index (χ2n) is 6.16. The first-order valence-electron chi connectivity index (χ1n) is 8.34. The summed E-state index contributed by atoms with van der Waals surface area (Å²) in [6, 6.07) is 18.9. The number of nitrogens with one attached hydrogen (secondary N) is 2. The van der Waals surface area contributed by atoms with Crippen molar-refractivity contribution >= 4 is 23.2 Å². The van der Waals surface area contributed by atoms with E-state index in [2.05, 4.69) is 60.9 Å². The smallest absolute Gasteiger partial charge is 0.234 e. The molecule has 3 nitrogen and oxygen atoms in total. The normalized spacial score (nSPS) is 12.0. The largest absolute Gasteiger partial charge is 0.378 e. The van der Waals surface area contributed by atoms with Gasteiger partial charge in [-0.2, -0.15) is 0 Å². The molecule has 0 heterocycles. The summed E-state index contributed by atoms with van der Waals surface area (Å²) in [6.45, 7) is 4.97. The summed E-state index contributed by atoms with van der Waals surface area (Å²) in [4.78, 5) is 11.3. The van der Waals surface area contributed by atoms with Gasteiger partial charge in [0, 0.05) is 12.2 Å². The molecular formula is C20H25ClN2O. The van der Waals surface area contributed by atoms with Crippen LogP contribution in [-0.2, 0) is 4.79 Å². The molecule has 2 aromatic carbocycles. The quantitative estimate of drug-likeness (QED) is 0.681. The molecule has 0 spiro atoms. The van der Waals surface area contributed by atoms with E-state index in [0.29, 0.717) is 12.5 Å². The van der Waals surface area contributed by atoms with Gasteiger partial charge in [0.05, 0.1) is 6.04 Å². The minimum atomic E-state index is -0.134. The Balaban J connectivity index is 2.11. The Morgan fingerprint density at radius 1 is 1.04 bits per heavy atom. The first kappa shape index (κ1) is 18.3. The standard InChI is InChI=1S/C20H25ClN2O/c1-15(2)17-9-6-10-18(13-17)23-19(11-12-22-20(24)14-21)16-7-4-3-5-8-16/h3-10,13,15,19,23H,11-12,14H2,1-2H3,(H,22,24). The lowest BCUT2D eigenvalue weighted by molar-refractivity contribution is -0.118. The van der Waals surface area contributed by atoms with Crippen molar-refractivity contribution in [2.75, 3.05) is 17.7 Å². The maximum atomic E-state index is 11.3. The van der Waals surface area contributed by atoms with Crippen molar-refractivity contribution in [3.05, 3.63) is 65.7 Å². The fourth-order valence-corrected chi connectivity index (χ4v) is 2.69. The molecule has 24 heavy (non-hydrogen) atoms. The highest BCUT2D eigenvalue weighted by Crippen LogP contribution is 2.25. The molecule has 128 valence electrons. The van der Waals surface area contributed by atoms with E-state index in [9.17, 15) is 4.79 Å². The molecule has 0 bridgehead atoms. The number of alkyl halides is 1. The summed E-state index contributed by atoms with van der Waals surface area (Å²) < 4.78 is 0. The van der Waals surface area contributed by atoms with E-state index in [4.69, 9.17) is 11.6 Å². The Labute approximate surface area is 149 Å². The maximum absolute atomic E-state index is 11.3. The van der Waals surface area contributed by atoms with Gasteiger partial charge in [0.15, 0.2) is 0 Å². The van der Waals surface area contributed by atoms with E-state index in [1.165, 1.54) is 11.1 Å². The molecule has 0 aromatic heterocycles. The number of amides is 1. The number of benzene rings is 2. The molecule has 0 aliphatic heterocycles. The Hall–Kier alpha value is -2.00. The molecule has 0 fully saturated rings. The van der Waals surface area contributed by atoms with Gasteiger partial charge < -0.3 is 10.6 Å².